The van der Waals surface area contributed by atoms with Crippen molar-refractivity contribution < 1.29 is 40.6 Å². The normalized spacial score (nSPS) is 19.1. The van der Waals surface area contributed by atoms with Crippen molar-refractivity contribution >= 4 is 108 Å². The van der Waals surface area contributed by atoms with E-state index in [0.29, 0.717) is 37.9 Å². The summed E-state index contributed by atoms with van der Waals surface area (Å²) in [6.07, 6.45) is 2.77. The number of thiazole rings is 1. The summed E-state index contributed by atoms with van der Waals surface area (Å²) in [5.41, 5.74) is -0.303. The van der Waals surface area contributed by atoms with E-state index in [1.165, 1.54) is 17.1 Å². The van der Waals surface area contributed by atoms with Gasteiger partial charge in [0.15, 0.2) is 0 Å². The molecule has 0 saturated carbocycles. The van der Waals surface area contributed by atoms with Gasteiger partial charge in [0, 0.05) is 0 Å². The van der Waals surface area contributed by atoms with Crippen LogP contribution in [0.25, 0.3) is 11.0 Å². The number of rotatable bonds is 7. The number of hydrogen-bond acceptors (Lipinski definition) is 11. The van der Waals surface area contributed by atoms with E-state index in [-0.39, 0.29) is 18.4 Å². The zero-order valence-corrected chi connectivity index (χ0v) is 24.4. The molecule has 0 unspecified atom stereocenters. The molecular formula is C19H15N3O10S5Se. The Balaban J connectivity index is 1.88. The van der Waals surface area contributed by atoms with E-state index in [1.54, 1.807) is 24.3 Å². The number of benzene rings is 1. The van der Waals surface area contributed by atoms with Crippen LogP contribution in [0.1, 0.15) is 0 Å². The first-order valence-electron chi connectivity index (χ1n) is 10.0. The van der Waals surface area contributed by atoms with E-state index < -0.39 is 70.9 Å². The molecule has 3 N–H and O–H groups in total. The van der Waals surface area contributed by atoms with Crippen molar-refractivity contribution in [1.82, 2.24) is 9.47 Å². The number of nitrogens with zero attached hydrogens (tertiary/aromatic N) is 3. The van der Waals surface area contributed by atoms with Gasteiger partial charge in [0.1, 0.15) is 0 Å². The van der Waals surface area contributed by atoms with Crippen molar-refractivity contribution in [3.8, 4) is 0 Å². The fourth-order valence-electron chi connectivity index (χ4n) is 3.40. The summed E-state index contributed by atoms with van der Waals surface area (Å²) in [6, 6.07) is 6.94. The first kappa shape index (κ1) is 28.7. The van der Waals surface area contributed by atoms with Crippen molar-refractivity contribution in [2.75, 3.05) is 17.3 Å². The Hall–Kier alpha value is -2.35. The average molecular weight is 685 g/mol. The maximum absolute atomic E-state index is 13.1. The maximum atomic E-state index is 13.1. The van der Waals surface area contributed by atoms with Crippen LogP contribution >= 0.6 is 35.3 Å². The van der Waals surface area contributed by atoms with Crippen LogP contribution in [-0.4, -0.2) is 84.1 Å². The van der Waals surface area contributed by atoms with E-state index >= 15 is 0 Å². The third-order valence-electron chi connectivity index (χ3n) is 4.84. The Morgan fingerprint density at radius 3 is 2.32 bits per heavy atom. The van der Waals surface area contributed by atoms with Gasteiger partial charge in [-0.3, -0.25) is 0 Å². The summed E-state index contributed by atoms with van der Waals surface area (Å²) in [5, 5.41) is 9.05. The summed E-state index contributed by atoms with van der Waals surface area (Å²) in [6.45, 7) is -0.737. The van der Waals surface area contributed by atoms with Gasteiger partial charge in [-0.25, -0.2) is 0 Å². The summed E-state index contributed by atoms with van der Waals surface area (Å²) in [7, 11) is -9.14. The molecule has 202 valence electrons. The number of fused-ring (bicyclic) bond motifs is 1. The number of hydrogen-bond donors (Lipinski definition) is 3. The van der Waals surface area contributed by atoms with Crippen LogP contribution in [0.15, 0.2) is 39.7 Å². The number of carbonyl (C=O) groups excluding carboxylic acids is 1. The standard InChI is InChI=1S/C19H15N3O10S5Se/c23-14(24)7-20-17(26)15(35-19(20)33)18-22(9-37(30,31)32)16(25)11(34-18)5-6-13-21(8-36(27,28)29)10-3-1-2-4-12(10)38-13/h1-6H,7-9H2,(H,23,24)(H,27,28,29)(H,30,31,32)/b11-5-,13-6+,18-15-. The number of carboxylic acid groups (broad SMARTS) is 1. The molecule has 0 aliphatic carbocycles. The number of amides is 1. The Kier molecular flexibility index (Phi) is 8.04. The van der Waals surface area contributed by atoms with E-state index in [2.05, 4.69) is 0 Å². The van der Waals surface area contributed by atoms with Crippen LogP contribution in [-0.2, 0) is 35.7 Å². The first-order valence-corrected chi connectivity index (χ1v) is 17.0. The SMILES string of the molecule is O=C(O)CN1C(=O)/C(=c2/s/c(=C\C=C3\[Se]c4ccccc4N3CS(=O)(=O)O)c(=O)n2CS(=O)(=O)O)SC1=S. The Bertz CT molecular complexity index is 1810. The summed E-state index contributed by atoms with van der Waals surface area (Å²) >= 11 is 6.06. The number of para-hydroxylation sites is 1. The molecule has 4 rings (SSSR count). The fourth-order valence-corrected chi connectivity index (χ4v) is 9.53. The van der Waals surface area contributed by atoms with Crippen LogP contribution in [0.3, 0.4) is 0 Å². The molecule has 1 saturated heterocycles. The van der Waals surface area contributed by atoms with E-state index in [1.807, 2.05) is 0 Å². The van der Waals surface area contributed by atoms with Gasteiger partial charge in [-0.2, -0.15) is 0 Å². The zero-order valence-electron chi connectivity index (χ0n) is 18.6. The van der Waals surface area contributed by atoms with Gasteiger partial charge in [-0.1, -0.05) is 0 Å². The molecule has 0 radical (unpaired) electrons. The number of carboxylic acids is 1. The average Bonchev–Trinajstić information content (AvgIpc) is 3.38. The van der Waals surface area contributed by atoms with Crippen LogP contribution in [0.4, 0.5) is 5.69 Å². The molecule has 2 aliphatic rings. The third kappa shape index (κ3) is 6.27. The summed E-state index contributed by atoms with van der Waals surface area (Å²) in [5.74, 6) is -4.08. The van der Waals surface area contributed by atoms with Crippen LogP contribution < -0.4 is 24.1 Å². The molecule has 13 nitrogen and oxygen atoms in total. The Labute approximate surface area is 234 Å². The van der Waals surface area contributed by atoms with Crippen molar-refractivity contribution in [3.05, 3.63) is 54.5 Å². The molecule has 1 amide bonds. The van der Waals surface area contributed by atoms with E-state index in [4.69, 9.17) is 17.3 Å². The van der Waals surface area contributed by atoms with Gasteiger partial charge in [0.2, 0.25) is 0 Å². The molecule has 3 heterocycles. The van der Waals surface area contributed by atoms with Crippen molar-refractivity contribution in [2.45, 2.75) is 5.88 Å². The van der Waals surface area contributed by atoms with E-state index in [0.717, 1.165) is 9.36 Å². The summed E-state index contributed by atoms with van der Waals surface area (Å²) < 4.78 is 67.0. The molecule has 38 heavy (non-hydrogen) atoms. The van der Waals surface area contributed by atoms with Crippen molar-refractivity contribution in [2.24, 2.45) is 0 Å². The van der Waals surface area contributed by atoms with Crippen molar-refractivity contribution in [1.29, 1.82) is 0 Å². The van der Waals surface area contributed by atoms with Gasteiger partial charge >= 0.3 is 236 Å². The van der Waals surface area contributed by atoms with Gasteiger partial charge < -0.3 is 0 Å². The molecule has 0 atom stereocenters. The molecular weight excluding hydrogens is 670 g/mol. The van der Waals surface area contributed by atoms with Gasteiger partial charge in [-0.05, 0) is 0 Å². The van der Waals surface area contributed by atoms with Gasteiger partial charge in [0.25, 0.3) is 0 Å². The van der Waals surface area contributed by atoms with Crippen LogP contribution in [0, 0.1) is 0 Å². The molecule has 0 bridgehead atoms. The molecule has 1 aromatic heterocycles. The molecule has 2 aliphatic heterocycles. The number of carbonyl (C=O) groups is 2. The third-order valence-corrected chi connectivity index (χ3v) is 11.1. The predicted octanol–water partition coefficient (Wildman–Crippen LogP) is -1.87. The second-order valence-corrected chi connectivity index (χ2v) is 15.3. The molecule has 2 aromatic rings. The first-order chi connectivity index (χ1) is 17.6. The Morgan fingerprint density at radius 2 is 1.68 bits per heavy atom. The monoisotopic (exact) mass is 685 g/mol. The topological polar surface area (TPSA) is 192 Å². The number of thiocarbonyl (C=S) groups is 1. The Morgan fingerprint density at radius 1 is 1.03 bits per heavy atom. The minimum absolute atomic E-state index is 0.0572. The zero-order chi connectivity index (χ0) is 28.0. The van der Waals surface area contributed by atoms with E-state index in [9.17, 15) is 40.3 Å². The number of anilines is 1. The molecule has 0 spiro atoms. The molecule has 1 fully saturated rings. The minimum atomic E-state index is -4.73. The molecule has 19 heteroatoms. The number of thioether (sulfide) groups is 1. The number of allylic oxidation sites excluding steroid dienone is 1. The van der Waals surface area contributed by atoms with Crippen LogP contribution in [0.2, 0.25) is 0 Å². The number of aliphatic carboxylic acids is 1. The second kappa shape index (κ2) is 10.7. The van der Waals surface area contributed by atoms with Crippen molar-refractivity contribution in [3.63, 3.8) is 0 Å². The number of aromatic nitrogens is 1. The molecule has 1 aromatic carbocycles. The van der Waals surface area contributed by atoms with Gasteiger partial charge in [-0.15, -0.1) is 0 Å². The summed E-state index contributed by atoms with van der Waals surface area (Å²) in [4.78, 5) is 39.1. The predicted molar refractivity (Wildman–Crippen MR) is 146 cm³/mol. The van der Waals surface area contributed by atoms with Gasteiger partial charge in [0.05, 0.1) is 0 Å². The van der Waals surface area contributed by atoms with Crippen LogP contribution in [0.5, 0.6) is 0 Å². The quantitative estimate of drug-likeness (QED) is 0.167. The second-order valence-electron chi connectivity index (χ2n) is 7.58. The fraction of sp³-hybridized carbons (Fsp3) is 0.158.